The number of carbonyl (C=O) groups excluding carboxylic acids is 3. The number of nitrogens with one attached hydrogen (secondary N) is 2. The number of methoxy groups -OCH3 is 1. The van der Waals surface area contributed by atoms with Crippen molar-refractivity contribution in [1.29, 1.82) is 0 Å². The summed E-state index contributed by atoms with van der Waals surface area (Å²) in [6.45, 7) is 6.71. The summed E-state index contributed by atoms with van der Waals surface area (Å²) in [7, 11) is 1.30. The van der Waals surface area contributed by atoms with Crippen LogP contribution in [0.2, 0.25) is 0 Å². The van der Waals surface area contributed by atoms with Crippen LogP contribution in [-0.4, -0.2) is 41.4 Å². The molecule has 3 aromatic rings. The third-order valence-electron chi connectivity index (χ3n) is 8.23. The van der Waals surface area contributed by atoms with Gasteiger partial charge in [-0.1, -0.05) is 37.6 Å². The molecule has 1 aromatic heterocycles. The average Bonchev–Trinajstić information content (AvgIpc) is 2.96. The van der Waals surface area contributed by atoms with Gasteiger partial charge in [0.2, 0.25) is 11.8 Å². The average molecular weight is 553 g/mol. The highest BCUT2D eigenvalue weighted by Gasteiger charge is 2.30. The SMILES string of the molecule is COC(=O)Nc1ccc2c(c1)NC(=O)[C@H](C)CCC[C@H](N1CCC(c3cccc(C)c3C)=CC1=O)c1cc-2ccn1. The molecule has 0 spiro atoms. The van der Waals surface area contributed by atoms with E-state index in [1.54, 1.807) is 24.4 Å². The summed E-state index contributed by atoms with van der Waals surface area (Å²) in [6.07, 6.45) is 5.86. The van der Waals surface area contributed by atoms with E-state index in [0.29, 0.717) is 30.8 Å². The van der Waals surface area contributed by atoms with Crippen molar-refractivity contribution in [2.24, 2.45) is 5.92 Å². The first kappa shape index (κ1) is 28.1. The molecule has 212 valence electrons. The predicted octanol–water partition coefficient (Wildman–Crippen LogP) is 6.66. The summed E-state index contributed by atoms with van der Waals surface area (Å²) < 4.78 is 4.72. The van der Waals surface area contributed by atoms with E-state index >= 15 is 0 Å². The topological polar surface area (TPSA) is 101 Å². The monoisotopic (exact) mass is 552 g/mol. The fourth-order valence-corrected chi connectivity index (χ4v) is 5.69. The third kappa shape index (κ3) is 6.01. The number of hydrogen-bond acceptors (Lipinski definition) is 5. The minimum atomic E-state index is -0.590. The lowest BCUT2D eigenvalue weighted by Crippen LogP contribution is -2.38. The van der Waals surface area contributed by atoms with E-state index in [9.17, 15) is 14.4 Å². The molecule has 8 heteroatoms. The minimum Gasteiger partial charge on any atom is -0.453 e. The Balaban J connectivity index is 1.51. The maximum absolute atomic E-state index is 13.6. The van der Waals surface area contributed by atoms with E-state index < -0.39 is 6.09 Å². The normalized spacial score (nSPS) is 19.2. The fourth-order valence-electron chi connectivity index (χ4n) is 5.69. The van der Waals surface area contributed by atoms with Gasteiger partial charge in [-0.25, -0.2) is 4.79 Å². The zero-order chi connectivity index (χ0) is 29.1. The second-order valence-corrected chi connectivity index (χ2v) is 10.9. The molecule has 41 heavy (non-hydrogen) atoms. The van der Waals surface area contributed by atoms with E-state index in [1.165, 1.54) is 18.2 Å². The maximum Gasteiger partial charge on any atom is 0.411 e. The Hall–Kier alpha value is -4.46. The van der Waals surface area contributed by atoms with Crippen LogP contribution in [0.3, 0.4) is 0 Å². The van der Waals surface area contributed by atoms with Gasteiger partial charge in [0.1, 0.15) is 0 Å². The molecule has 0 saturated carbocycles. The Morgan fingerprint density at radius 3 is 2.68 bits per heavy atom. The van der Waals surface area contributed by atoms with Crippen molar-refractivity contribution in [2.45, 2.75) is 52.5 Å². The second kappa shape index (κ2) is 12.0. The van der Waals surface area contributed by atoms with Gasteiger partial charge < -0.3 is 15.0 Å². The molecular formula is C33H36N4O4. The minimum absolute atomic E-state index is 0.0128. The van der Waals surface area contributed by atoms with Gasteiger partial charge in [0.05, 0.1) is 24.5 Å². The number of aryl methyl sites for hydroxylation is 1. The van der Waals surface area contributed by atoms with E-state index in [4.69, 9.17) is 9.72 Å². The summed E-state index contributed by atoms with van der Waals surface area (Å²) in [5.74, 6) is -0.344. The number of anilines is 2. The summed E-state index contributed by atoms with van der Waals surface area (Å²) in [5, 5.41) is 5.72. The highest BCUT2D eigenvalue weighted by Crippen LogP contribution is 2.37. The van der Waals surface area contributed by atoms with Crippen molar-refractivity contribution < 1.29 is 19.1 Å². The number of carbonyl (C=O) groups is 3. The number of aromatic nitrogens is 1. The standard InChI is InChI=1S/C33H36N4O4/c1-20-7-5-9-26(22(20)3)24-14-16-37(31(38)18-24)30-10-6-8-21(2)32(39)36-28-19-25(35-33(40)41-4)11-12-27(28)23-13-15-34-29(30)17-23/h5,7,9,11-13,15,17-19,21,30H,6,8,10,14,16H2,1-4H3,(H,35,40)(H,36,39)/t21-,30+/m1/s1. The highest BCUT2D eigenvalue weighted by molar-refractivity contribution is 5.99. The number of pyridine rings is 1. The largest absolute Gasteiger partial charge is 0.453 e. The Morgan fingerprint density at radius 2 is 1.90 bits per heavy atom. The zero-order valence-electron chi connectivity index (χ0n) is 24.0. The van der Waals surface area contributed by atoms with Gasteiger partial charge in [0.25, 0.3) is 0 Å². The van der Waals surface area contributed by atoms with Gasteiger partial charge in [-0.05, 0) is 85.2 Å². The van der Waals surface area contributed by atoms with E-state index in [-0.39, 0.29) is 23.8 Å². The number of hydrogen-bond donors (Lipinski definition) is 2. The Bertz CT molecular complexity index is 1530. The van der Waals surface area contributed by atoms with E-state index in [1.807, 2.05) is 36.1 Å². The molecule has 0 fully saturated rings. The van der Waals surface area contributed by atoms with Crippen molar-refractivity contribution in [2.75, 3.05) is 24.3 Å². The first-order valence-electron chi connectivity index (χ1n) is 14.1. The Kier molecular flexibility index (Phi) is 8.19. The van der Waals surface area contributed by atoms with Crippen molar-refractivity contribution in [3.05, 3.63) is 83.2 Å². The van der Waals surface area contributed by atoms with E-state index in [0.717, 1.165) is 40.8 Å². The molecule has 5 rings (SSSR count). The van der Waals surface area contributed by atoms with E-state index in [2.05, 4.69) is 36.6 Å². The number of ether oxygens (including phenoxy) is 1. The van der Waals surface area contributed by atoms with Crippen molar-refractivity contribution in [3.8, 4) is 11.1 Å². The van der Waals surface area contributed by atoms with Crippen molar-refractivity contribution in [1.82, 2.24) is 9.88 Å². The van der Waals surface area contributed by atoms with Crippen LogP contribution in [0.1, 0.15) is 61.0 Å². The molecule has 2 N–H and O–H groups in total. The predicted molar refractivity (Wildman–Crippen MR) is 160 cm³/mol. The Morgan fingerprint density at radius 1 is 1.07 bits per heavy atom. The van der Waals surface area contributed by atoms with Crippen LogP contribution in [0.4, 0.5) is 16.2 Å². The lowest BCUT2D eigenvalue weighted by molar-refractivity contribution is -0.129. The smallest absolute Gasteiger partial charge is 0.411 e. The summed E-state index contributed by atoms with van der Waals surface area (Å²) in [4.78, 5) is 45.2. The molecule has 0 unspecified atom stereocenters. The Labute approximate surface area is 240 Å². The lowest BCUT2D eigenvalue weighted by atomic mass is 9.91. The first-order chi connectivity index (χ1) is 19.7. The van der Waals surface area contributed by atoms with Crippen LogP contribution >= 0.6 is 0 Å². The van der Waals surface area contributed by atoms with Crippen LogP contribution in [0.15, 0.2) is 60.8 Å². The van der Waals surface area contributed by atoms with Gasteiger partial charge in [-0.3, -0.25) is 19.9 Å². The molecule has 2 aromatic carbocycles. The highest BCUT2D eigenvalue weighted by atomic mass is 16.5. The maximum atomic E-state index is 13.6. The molecule has 0 radical (unpaired) electrons. The van der Waals surface area contributed by atoms with Gasteiger partial charge in [-0.15, -0.1) is 0 Å². The first-order valence-corrected chi connectivity index (χ1v) is 14.1. The fraction of sp³-hybridized carbons (Fsp3) is 0.333. The molecule has 0 saturated heterocycles. The number of benzene rings is 2. The number of fused-ring (bicyclic) bond motifs is 4. The van der Waals surface area contributed by atoms with Gasteiger partial charge in [0, 0.05) is 36.0 Å². The number of amides is 3. The molecule has 0 aliphatic carbocycles. The molecular weight excluding hydrogens is 516 g/mol. The lowest BCUT2D eigenvalue weighted by Gasteiger charge is -2.35. The second-order valence-electron chi connectivity index (χ2n) is 10.9. The third-order valence-corrected chi connectivity index (χ3v) is 8.23. The van der Waals surface area contributed by atoms with Crippen LogP contribution in [-0.2, 0) is 14.3 Å². The van der Waals surface area contributed by atoms with Crippen molar-refractivity contribution in [3.63, 3.8) is 0 Å². The summed E-state index contributed by atoms with van der Waals surface area (Å²) in [5.41, 5.74) is 8.19. The van der Waals surface area contributed by atoms with Gasteiger partial charge in [0.15, 0.2) is 0 Å². The van der Waals surface area contributed by atoms with Crippen LogP contribution in [0.25, 0.3) is 16.7 Å². The molecule has 2 atom stereocenters. The molecule has 3 heterocycles. The summed E-state index contributed by atoms with van der Waals surface area (Å²) >= 11 is 0. The number of nitrogens with zero attached hydrogens (tertiary/aromatic N) is 2. The van der Waals surface area contributed by atoms with Crippen LogP contribution in [0, 0.1) is 19.8 Å². The quantitative estimate of drug-likeness (QED) is 0.378. The summed E-state index contributed by atoms with van der Waals surface area (Å²) in [6, 6.07) is 15.3. The van der Waals surface area contributed by atoms with Gasteiger partial charge >= 0.3 is 6.09 Å². The molecule has 2 bridgehead atoms. The molecule has 2 aliphatic rings. The van der Waals surface area contributed by atoms with Gasteiger partial charge in [-0.2, -0.15) is 0 Å². The molecule has 2 aliphatic heterocycles. The van der Waals surface area contributed by atoms with Crippen molar-refractivity contribution >= 4 is 34.9 Å². The molecule has 3 amide bonds. The zero-order valence-corrected chi connectivity index (χ0v) is 24.0. The number of rotatable bonds is 3. The van der Waals surface area contributed by atoms with Crippen LogP contribution < -0.4 is 10.6 Å². The molecule has 8 nitrogen and oxygen atoms in total. The van der Waals surface area contributed by atoms with Crippen LogP contribution in [0.5, 0.6) is 0 Å².